The molecule has 2 aromatic rings. The second kappa shape index (κ2) is 7.24. The lowest BCUT2D eigenvalue weighted by molar-refractivity contribution is 0.338. The number of aryl methyl sites for hydroxylation is 1. The molecule has 0 radical (unpaired) electrons. The maximum atomic E-state index is 5.77. The van der Waals surface area contributed by atoms with Gasteiger partial charge < -0.3 is 9.47 Å². The van der Waals surface area contributed by atoms with Gasteiger partial charge in [-0.3, -0.25) is 0 Å². The van der Waals surface area contributed by atoms with Gasteiger partial charge in [-0.2, -0.15) is 4.98 Å². The Labute approximate surface area is 127 Å². The highest BCUT2D eigenvalue weighted by Gasteiger charge is 2.05. The first-order chi connectivity index (χ1) is 9.71. The van der Waals surface area contributed by atoms with E-state index in [-0.39, 0.29) is 0 Å². The van der Waals surface area contributed by atoms with Crippen molar-refractivity contribution in [1.29, 1.82) is 0 Å². The van der Waals surface area contributed by atoms with Crippen LogP contribution in [0.1, 0.15) is 26.1 Å². The van der Waals surface area contributed by atoms with Crippen LogP contribution in [0.4, 0.5) is 0 Å². The molecule has 0 saturated carbocycles. The van der Waals surface area contributed by atoms with Crippen molar-refractivity contribution in [2.75, 3.05) is 6.61 Å². The molecule has 0 fully saturated rings. The van der Waals surface area contributed by atoms with Crippen molar-refractivity contribution >= 4 is 15.9 Å². The largest absolute Gasteiger partial charge is 0.494 e. The van der Waals surface area contributed by atoms with E-state index in [4.69, 9.17) is 9.47 Å². The third-order valence-electron chi connectivity index (χ3n) is 2.53. The molecule has 0 atom stereocenters. The van der Waals surface area contributed by atoms with Crippen molar-refractivity contribution in [1.82, 2.24) is 9.97 Å². The average molecular weight is 337 g/mol. The molecule has 5 heteroatoms. The summed E-state index contributed by atoms with van der Waals surface area (Å²) in [5.74, 6) is 2.79. The quantitative estimate of drug-likeness (QED) is 0.734. The zero-order valence-corrected chi connectivity index (χ0v) is 13.2. The van der Waals surface area contributed by atoms with E-state index in [9.17, 15) is 0 Å². The van der Waals surface area contributed by atoms with Gasteiger partial charge >= 0.3 is 0 Å². The summed E-state index contributed by atoms with van der Waals surface area (Å²) in [5.41, 5.74) is 0. The minimum atomic E-state index is 0.531. The number of nitrogens with zero attached hydrogens (tertiary/aromatic N) is 2. The Morgan fingerprint density at radius 1 is 1.10 bits per heavy atom. The first-order valence-corrected chi connectivity index (χ1v) is 7.44. The van der Waals surface area contributed by atoms with Crippen LogP contribution in [0, 0.1) is 0 Å². The van der Waals surface area contributed by atoms with Crippen LogP contribution in [0.5, 0.6) is 17.4 Å². The van der Waals surface area contributed by atoms with Crippen LogP contribution in [-0.2, 0) is 6.42 Å². The fraction of sp³-hybridized carbons (Fsp3) is 0.333. The van der Waals surface area contributed by atoms with Crippen LogP contribution in [0.3, 0.4) is 0 Å². The summed E-state index contributed by atoms with van der Waals surface area (Å²) in [4.78, 5) is 8.70. The Kier molecular flexibility index (Phi) is 5.35. The van der Waals surface area contributed by atoms with Crippen molar-refractivity contribution in [3.05, 3.63) is 40.8 Å². The normalized spacial score (nSPS) is 10.3. The standard InChI is InChI=1S/C15H17BrN2O2/c1-3-6-14-17-13(16)10-15(18-14)20-12-8-5-7-11(9-12)19-4-2/h5,7-10H,3-4,6H2,1-2H3. The molecule has 20 heavy (non-hydrogen) atoms. The number of hydrogen-bond donors (Lipinski definition) is 0. The van der Waals surface area contributed by atoms with E-state index in [0.717, 1.165) is 29.0 Å². The molecule has 0 aliphatic heterocycles. The fourth-order valence-electron chi connectivity index (χ4n) is 1.74. The molecule has 2 rings (SSSR count). The van der Waals surface area contributed by atoms with E-state index in [0.29, 0.717) is 18.2 Å². The topological polar surface area (TPSA) is 44.2 Å². The molecule has 0 N–H and O–H groups in total. The summed E-state index contributed by atoms with van der Waals surface area (Å²) < 4.78 is 11.9. The molecule has 4 nitrogen and oxygen atoms in total. The second-order valence-corrected chi connectivity index (χ2v) is 5.02. The molecule has 0 unspecified atom stereocenters. The van der Waals surface area contributed by atoms with Crippen LogP contribution in [0.2, 0.25) is 0 Å². The van der Waals surface area contributed by atoms with Gasteiger partial charge in [-0.15, -0.1) is 0 Å². The fourth-order valence-corrected chi connectivity index (χ4v) is 2.15. The zero-order chi connectivity index (χ0) is 14.4. The van der Waals surface area contributed by atoms with E-state index in [1.54, 1.807) is 6.07 Å². The van der Waals surface area contributed by atoms with Crippen LogP contribution in [0.15, 0.2) is 34.9 Å². The molecule has 0 saturated heterocycles. The summed E-state index contributed by atoms with van der Waals surface area (Å²) in [6, 6.07) is 9.27. The average Bonchev–Trinajstić information content (AvgIpc) is 2.39. The van der Waals surface area contributed by atoms with E-state index >= 15 is 0 Å². The zero-order valence-electron chi connectivity index (χ0n) is 11.6. The van der Waals surface area contributed by atoms with Gasteiger partial charge in [0, 0.05) is 18.6 Å². The number of hydrogen-bond acceptors (Lipinski definition) is 4. The minimum Gasteiger partial charge on any atom is -0.494 e. The molecule has 1 aromatic heterocycles. The maximum absolute atomic E-state index is 5.77. The predicted octanol–water partition coefficient (Wildman–Crippen LogP) is 4.38. The Balaban J connectivity index is 2.18. The highest BCUT2D eigenvalue weighted by molar-refractivity contribution is 9.10. The van der Waals surface area contributed by atoms with Crippen molar-refractivity contribution in [2.24, 2.45) is 0 Å². The number of ether oxygens (including phenoxy) is 2. The Bertz CT molecular complexity index is 576. The second-order valence-electron chi connectivity index (χ2n) is 4.21. The van der Waals surface area contributed by atoms with Gasteiger partial charge in [-0.1, -0.05) is 13.0 Å². The molecule has 0 aliphatic carbocycles. The lowest BCUT2D eigenvalue weighted by Gasteiger charge is -2.08. The SMILES string of the molecule is CCCc1nc(Br)cc(Oc2cccc(OCC)c2)n1. The summed E-state index contributed by atoms with van der Waals surface area (Å²) in [5, 5.41) is 0. The summed E-state index contributed by atoms with van der Waals surface area (Å²) in [7, 11) is 0. The summed E-state index contributed by atoms with van der Waals surface area (Å²) in [6.07, 6.45) is 1.82. The highest BCUT2D eigenvalue weighted by atomic mass is 79.9. The van der Waals surface area contributed by atoms with Gasteiger partial charge in [-0.05, 0) is 41.4 Å². The smallest absolute Gasteiger partial charge is 0.223 e. The first-order valence-electron chi connectivity index (χ1n) is 6.65. The molecule has 0 spiro atoms. The highest BCUT2D eigenvalue weighted by Crippen LogP contribution is 2.25. The van der Waals surface area contributed by atoms with Gasteiger partial charge in [0.15, 0.2) is 0 Å². The molecule has 0 bridgehead atoms. The maximum Gasteiger partial charge on any atom is 0.223 e. The Morgan fingerprint density at radius 3 is 2.65 bits per heavy atom. The number of aromatic nitrogens is 2. The molecule has 106 valence electrons. The van der Waals surface area contributed by atoms with Gasteiger partial charge in [0.05, 0.1) is 6.61 Å². The molecular weight excluding hydrogens is 320 g/mol. The third kappa shape index (κ3) is 4.20. The number of benzene rings is 1. The van der Waals surface area contributed by atoms with Crippen molar-refractivity contribution in [3.63, 3.8) is 0 Å². The van der Waals surface area contributed by atoms with E-state index < -0.39 is 0 Å². The number of halogens is 1. The Morgan fingerprint density at radius 2 is 1.90 bits per heavy atom. The molecule has 1 aromatic carbocycles. The third-order valence-corrected chi connectivity index (χ3v) is 2.94. The Hall–Kier alpha value is -1.62. The molecular formula is C15H17BrN2O2. The van der Waals surface area contributed by atoms with Gasteiger partial charge in [0.2, 0.25) is 5.88 Å². The molecule has 1 heterocycles. The van der Waals surface area contributed by atoms with Crippen molar-refractivity contribution in [2.45, 2.75) is 26.7 Å². The lowest BCUT2D eigenvalue weighted by Crippen LogP contribution is -1.98. The van der Waals surface area contributed by atoms with E-state index in [1.165, 1.54) is 0 Å². The van der Waals surface area contributed by atoms with Gasteiger partial charge in [-0.25, -0.2) is 4.98 Å². The van der Waals surface area contributed by atoms with Crippen LogP contribution < -0.4 is 9.47 Å². The van der Waals surface area contributed by atoms with Crippen LogP contribution in [0.25, 0.3) is 0 Å². The molecule has 0 amide bonds. The number of rotatable bonds is 6. The monoisotopic (exact) mass is 336 g/mol. The van der Waals surface area contributed by atoms with E-state index in [1.807, 2.05) is 31.2 Å². The van der Waals surface area contributed by atoms with Crippen molar-refractivity contribution < 1.29 is 9.47 Å². The van der Waals surface area contributed by atoms with Crippen LogP contribution in [-0.4, -0.2) is 16.6 Å². The van der Waals surface area contributed by atoms with E-state index in [2.05, 4.69) is 32.8 Å². The van der Waals surface area contributed by atoms with Gasteiger partial charge in [0.1, 0.15) is 21.9 Å². The molecule has 0 aliphatic rings. The minimum absolute atomic E-state index is 0.531. The lowest BCUT2D eigenvalue weighted by atomic mass is 10.3. The van der Waals surface area contributed by atoms with Crippen molar-refractivity contribution in [3.8, 4) is 17.4 Å². The first kappa shape index (κ1) is 14.8. The predicted molar refractivity (Wildman–Crippen MR) is 81.4 cm³/mol. The summed E-state index contributed by atoms with van der Waals surface area (Å²) in [6.45, 7) is 4.67. The van der Waals surface area contributed by atoms with Gasteiger partial charge in [0.25, 0.3) is 0 Å². The summed E-state index contributed by atoms with van der Waals surface area (Å²) >= 11 is 3.38. The van der Waals surface area contributed by atoms with Crippen LogP contribution >= 0.6 is 15.9 Å².